The fraction of sp³-hybridized carbons (Fsp3) is 0.375. The lowest BCUT2D eigenvalue weighted by Gasteiger charge is -2.41. The number of ether oxygens (including phenoxy) is 2. The average molecular weight is 594 g/mol. The van der Waals surface area contributed by atoms with Crippen LogP contribution in [0.25, 0.3) is 11.0 Å². The number of carboxylic acid groups (broad SMARTS) is 1. The molecule has 0 saturated carbocycles. The Bertz CT molecular complexity index is 1590. The topological polar surface area (TPSA) is 76.8 Å². The van der Waals surface area contributed by atoms with Crippen LogP contribution in [0.4, 0.5) is 8.78 Å². The highest BCUT2D eigenvalue weighted by Crippen LogP contribution is 2.40. The van der Waals surface area contributed by atoms with Crippen molar-refractivity contribution >= 4 is 28.8 Å². The highest BCUT2D eigenvalue weighted by molar-refractivity contribution is 7.99. The number of rotatable bonds is 10. The van der Waals surface area contributed by atoms with Gasteiger partial charge in [-0.25, -0.2) is 18.6 Å². The number of hydrogen-bond acceptors (Lipinski definition) is 6. The van der Waals surface area contributed by atoms with Gasteiger partial charge in [-0.15, -0.1) is 11.8 Å². The third-order valence-electron chi connectivity index (χ3n) is 8.41. The zero-order chi connectivity index (χ0) is 29.3. The maximum absolute atomic E-state index is 14.9. The van der Waals surface area contributed by atoms with E-state index in [2.05, 4.69) is 9.47 Å². The Morgan fingerprint density at radius 3 is 2.57 bits per heavy atom. The van der Waals surface area contributed by atoms with Gasteiger partial charge in [0.2, 0.25) is 0 Å². The molecule has 10 heteroatoms. The van der Waals surface area contributed by atoms with Gasteiger partial charge in [-0.3, -0.25) is 4.90 Å². The van der Waals surface area contributed by atoms with Crippen LogP contribution in [0.1, 0.15) is 52.5 Å². The second-order valence-corrected chi connectivity index (χ2v) is 12.1. The van der Waals surface area contributed by atoms with Crippen molar-refractivity contribution in [2.75, 3.05) is 26.0 Å². The van der Waals surface area contributed by atoms with E-state index in [1.54, 1.807) is 54.2 Å². The molecule has 2 aliphatic rings. The number of halogens is 2. The van der Waals surface area contributed by atoms with Crippen LogP contribution < -0.4 is 4.74 Å². The molecule has 220 valence electrons. The van der Waals surface area contributed by atoms with Gasteiger partial charge in [0.1, 0.15) is 23.2 Å². The Balaban J connectivity index is 1.19. The third-order valence-corrected chi connectivity index (χ3v) is 9.61. The maximum atomic E-state index is 14.9. The lowest BCUT2D eigenvalue weighted by atomic mass is 9.88. The first-order valence-corrected chi connectivity index (χ1v) is 15.4. The number of benzene rings is 3. The first kappa shape index (κ1) is 28.6. The summed E-state index contributed by atoms with van der Waals surface area (Å²) in [7, 11) is 0. The predicted molar refractivity (Wildman–Crippen MR) is 158 cm³/mol. The number of piperidine rings is 1. The molecule has 4 aromatic rings. The van der Waals surface area contributed by atoms with Crippen molar-refractivity contribution in [3.8, 4) is 5.75 Å². The van der Waals surface area contributed by atoms with Crippen LogP contribution in [0, 0.1) is 11.6 Å². The minimum Gasteiger partial charge on any atom is -0.485 e. The first-order valence-electron chi connectivity index (χ1n) is 14.1. The van der Waals surface area contributed by atoms with Crippen LogP contribution in [-0.4, -0.2) is 56.4 Å². The molecule has 0 bridgehead atoms. The van der Waals surface area contributed by atoms with E-state index in [0.717, 1.165) is 54.8 Å². The number of carboxylic acids is 1. The van der Waals surface area contributed by atoms with Crippen molar-refractivity contribution in [1.29, 1.82) is 0 Å². The molecule has 2 fully saturated rings. The summed E-state index contributed by atoms with van der Waals surface area (Å²) in [5.74, 6) is -0.620. The number of hydrogen-bond donors (Lipinski definition) is 1. The maximum Gasteiger partial charge on any atom is 0.335 e. The largest absolute Gasteiger partial charge is 0.485 e. The molecular formula is C32H33F2N3O4S. The van der Waals surface area contributed by atoms with Gasteiger partial charge in [0, 0.05) is 17.5 Å². The standard InChI is InChI=1S/C32H33F2N3O4S/c1-42-32(13-16-41-32)20-37-28-17-22(31(38)39)9-10-27(28)35-29(37)18-36-14-11-21(12-15-36)24-6-4-8-26(34)30(24)40-19-23-5-2-3-7-25(23)33/h2-10,17,21H,11-16,18-20H2,1H3,(H,38,39). The number of likely N-dealkylation sites (tertiary alicyclic amines) is 1. The molecule has 0 amide bonds. The lowest BCUT2D eigenvalue weighted by Crippen LogP contribution is -2.44. The molecule has 1 atom stereocenters. The number of nitrogens with zero attached hydrogens (tertiary/aromatic N) is 3. The summed E-state index contributed by atoms with van der Waals surface area (Å²) in [4.78, 5) is 18.6. The van der Waals surface area contributed by atoms with Crippen LogP contribution in [0.5, 0.6) is 5.75 Å². The second kappa shape index (κ2) is 12.0. The Morgan fingerprint density at radius 1 is 1.12 bits per heavy atom. The van der Waals surface area contributed by atoms with Gasteiger partial charge in [0.15, 0.2) is 11.6 Å². The number of para-hydroxylation sites is 1. The number of aromatic carboxylic acids is 1. The van der Waals surface area contributed by atoms with Gasteiger partial charge in [0.05, 0.1) is 36.3 Å². The van der Waals surface area contributed by atoms with Gasteiger partial charge in [-0.2, -0.15) is 0 Å². The molecule has 7 nitrogen and oxygen atoms in total. The van der Waals surface area contributed by atoms with Gasteiger partial charge < -0.3 is 19.1 Å². The number of thioether (sulfide) groups is 1. The molecule has 42 heavy (non-hydrogen) atoms. The summed E-state index contributed by atoms with van der Waals surface area (Å²) in [6.07, 6.45) is 4.57. The lowest BCUT2D eigenvalue weighted by molar-refractivity contribution is -0.0873. The van der Waals surface area contributed by atoms with E-state index in [1.807, 2.05) is 12.3 Å². The molecule has 3 heterocycles. The number of carbonyl (C=O) groups is 1. The van der Waals surface area contributed by atoms with Crippen LogP contribution >= 0.6 is 11.8 Å². The summed E-state index contributed by atoms with van der Waals surface area (Å²) in [5, 5.41) is 9.58. The monoisotopic (exact) mass is 593 g/mol. The van der Waals surface area contributed by atoms with Crippen LogP contribution in [0.3, 0.4) is 0 Å². The summed E-state index contributed by atoms with van der Waals surface area (Å²) < 4.78 is 43.0. The molecule has 3 aromatic carbocycles. The fourth-order valence-corrected chi connectivity index (χ4v) is 6.64. The Kier molecular flexibility index (Phi) is 8.20. The van der Waals surface area contributed by atoms with Crippen molar-refractivity contribution in [1.82, 2.24) is 14.5 Å². The summed E-state index contributed by atoms with van der Waals surface area (Å²) in [5.41, 5.74) is 2.97. The number of imidazole rings is 1. The Morgan fingerprint density at radius 2 is 1.88 bits per heavy atom. The van der Waals surface area contributed by atoms with Crippen molar-refractivity contribution < 1.29 is 28.2 Å². The third kappa shape index (κ3) is 5.75. The molecule has 1 unspecified atom stereocenters. The van der Waals surface area contributed by atoms with E-state index in [0.29, 0.717) is 25.3 Å². The van der Waals surface area contributed by atoms with Gasteiger partial charge in [0.25, 0.3) is 0 Å². The van der Waals surface area contributed by atoms with E-state index in [1.165, 1.54) is 12.1 Å². The van der Waals surface area contributed by atoms with Gasteiger partial charge in [-0.05, 0) is 68.4 Å². The van der Waals surface area contributed by atoms with E-state index in [-0.39, 0.29) is 34.6 Å². The molecule has 2 saturated heterocycles. The average Bonchev–Trinajstić information content (AvgIpc) is 3.31. The van der Waals surface area contributed by atoms with Crippen LogP contribution in [0.15, 0.2) is 60.7 Å². The van der Waals surface area contributed by atoms with Crippen molar-refractivity contribution in [2.45, 2.75) is 49.8 Å². The van der Waals surface area contributed by atoms with Crippen molar-refractivity contribution in [3.05, 3.63) is 94.8 Å². The summed E-state index contributed by atoms with van der Waals surface area (Å²) in [6.45, 7) is 3.42. The van der Waals surface area contributed by atoms with Gasteiger partial charge >= 0.3 is 5.97 Å². The molecular weight excluding hydrogens is 560 g/mol. The number of aromatic nitrogens is 2. The molecule has 0 spiro atoms. The zero-order valence-corrected chi connectivity index (χ0v) is 24.2. The minimum absolute atomic E-state index is 0.0412. The predicted octanol–water partition coefficient (Wildman–Crippen LogP) is 6.45. The van der Waals surface area contributed by atoms with Crippen molar-refractivity contribution in [3.63, 3.8) is 0 Å². The van der Waals surface area contributed by atoms with Gasteiger partial charge in [-0.1, -0.05) is 30.3 Å². The van der Waals surface area contributed by atoms with E-state index >= 15 is 0 Å². The SMILES string of the molecule is CSC1(Cn2c(CN3CCC(c4cccc(F)c4OCc4ccccc4F)CC3)nc3ccc(C(=O)O)cc32)CCO1. The molecule has 0 aliphatic carbocycles. The van der Waals surface area contributed by atoms with E-state index < -0.39 is 11.8 Å². The van der Waals surface area contributed by atoms with E-state index in [9.17, 15) is 18.7 Å². The number of fused-ring (bicyclic) bond motifs is 1. The van der Waals surface area contributed by atoms with Crippen LogP contribution in [-0.2, 0) is 24.4 Å². The first-order chi connectivity index (χ1) is 20.4. The fourth-order valence-electron chi connectivity index (χ4n) is 5.89. The molecule has 6 rings (SSSR count). The van der Waals surface area contributed by atoms with E-state index in [4.69, 9.17) is 14.5 Å². The molecule has 1 N–H and O–H groups in total. The zero-order valence-electron chi connectivity index (χ0n) is 23.4. The van der Waals surface area contributed by atoms with Crippen molar-refractivity contribution in [2.24, 2.45) is 0 Å². The molecule has 2 aliphatic heterocycles. The Labute approximate surface area is 247 Å². The minimum atomic E-state index is -0.970. The molecule has 0 radical (unpaired) electrons. The summed E-state index contributed by atoms with van der Waals surface area (Å²) in [6, 6.07) is 16.4. The highest BCUT2D eigenvalue weighted by atomic mass is 32.2. The smallest absolute Gasteiger partial charge is 0.335 e. The normalized spacial score (nSPS) is 19.6. The quantitative estimate of drug-likeness (QED) is 0.226. The van der Waals surface area contributed by atoms with Crippen LogP contribution in [0.2, 0.25) is 0 Å². The second-order valence-electron chi connectivity index (χ2n) is 10.9. The molecule has 1 aromatic heterocycles. The Hall–Kier alpha value is -3.47. The summed E-state index contributed by atoms with van der Waals surface area (Å²) >= 11 is 1.67. The highest BCUT2D eigenvalue weighted by Gasteiger charge is 2.39.